The van der Waals surface area contributed by atoms with E-state index >= 15 is 0 Å². The molecule has 18 heavy (non-hydrogen) atoms. The summed E-state index contributed by atoms with van der Waals surface area (Å²) in [5.41, 5.74) is -1.31. The predicted octanol–water partition coefficient (Wildman–Crippen LogP) is 2.79. The molecule has 1 aliphatic heterocycles. The third-order valence-electron chi connectivity index (χ3n) is 3.64. The van der Waals surface area contributed by atoms with Crippen LogP contribution in [0.3, 0.4) is 0 Å². The Morgan fingerprint density at radius 1 is 1.11 bits per heavy atom. The van der Waals surface area contributed by atoms with Crippen LogP contribution in [0.5, 0.6) is 0 Å². The molecule has 0 aromatic heterocycles. The van der Waals surface area contributed by atoms with Crippen LogP contribution in [0, 0.1) is 5.41 Å². The first kappa shape index (κ1) is 15.3. The fourth-order valence-electron chi connectivity index (χ4n) is 2.14. The summed E-state index contributed by atoms with van der Waals surface area (Å²) < 4.78 is 5.34. The van der Waals surface area contributed by atoms with Crippen LogP contribution >= 0.6 is 0 Å². The Labute approximate surface area is 110 Å². The minimum Gasteiger partial charge on any atom is -0.444 e. The van der Waals surface area contributed by atoms with E-state index in [1.807, 2.05) is 41.5 Å². The molecular weight excluding hydrogens is 230 g/mol. The normalized spacial score (nSPS) is 20.7. The number of hydrogen-bond acceptors (Lipinski definition) is 3. The van der Waals surface area contributed by atoms with Crippen LogP contribution in [-0.4, -0.2) is 40.4 Å². The Kier molecular flexibility index (Phi) is 4.01. The average molecular weight is 257 g/mol. The summed E-state index contributed by atoms with van der Waals surface area (Å²) >= 11 is 0. The second kappa shape index (κ2) is 4.72. The van der Waals surface area contributed by atoms with E-state index in [9.17, 15) is 9.90 Å². The fraction of sp³-hybridized carbons (Fsp3) is 0.929. The topological polar surface area (TPSA) is 49.8 Å². The molecule has 1 saturated heterocycles. The van der Waals surface area contributed by atoms with Gasteiger partial charge in [-0.05, 0) is 39.0 Å². The van der Waals surface area contributed by atoms with Crippen molar-refractivity contribution in [3.8, 4) is 0 Å². The Balaban J connectivity index is 2.57. The summed E-state index contributed by atoms with van der Waals surface area (Å²) in [6.07, 6.45) is 0.935. The van der Waals surface area contributed by atoms with E-state index < -0.39 is 11.2 Å². The molecule has 0 radical (unpaired) electrons. The van der Waals surface area contributed by atoms with Crippen molar-refractivity contribution < 1.29 is 14.6 Å². The highest BCUT2D eigenvalue weighted by Gasteiger charge is 2.43. The van der Waals surface area contributed by atoms with Crippen molar-refractivity contribution >= 4 is 6.09 Å². The minimum absolute atomic E-state index is 0.160. The van der Waals surface area contributed by atoms with Gasteiger partial charge in [0.1, 0.15) is 5.60 Å². The zero-order valence-electron chi connectivity index (χ0n) is 12.5. The van der Waals surface area contributed by atoms with E-state index in [1.54, 1.807) is 4.90 Å². The first-order valence-corrected chi connectivity index (χ1v) is 6.65. The fourth-order valence-corrected chi connectivity index (χ4v) is 2.14. The van der Waals surface area contributed by atoms with Crippen LogP contribution in [0.15, 0.2) is 0 Å². The molecule has 1 N–H and O–H groups in total. The van der Waals surface area contributed by atoms with E-state index in [4.69, 9.17) is 4.74 Å². The van der Waals surface area contributed by atoms with Crippen LogP contribution in [-0.2, 0) is 4.74 Å². The van der Waals surface area contributed by atoms with Gasteiger partial charge < -0.3 is 14.7 Å². The Hall–Kier alpha value is -0.770. The molecule has 0 saturated carbocycles. The number of amides is 1. The quantitative estimate of drug-likeness (QED) is 0.726. The first-order chi connectivity index (χ1) is 7.95. The predicted molar refractivity (Wildman–Crippen MR) is 71.4 cm³/mol. The van der Waals surface area contributed by atoms with E-state index in [0.717, 1.165) is 0 Å². The Morgan fingerprint density at radius 3 is 1.89 bits per heavy atom. The maximum atomic E-state index is 11.9. The molecule has 0 aliphatic carbocycles. The maximum absolute atomic E-state index is 11.9. The van der Waals surface area contributed by atoms with E-state index in [0.29, 0.717) is 25.9 Å². The monoisotopic (exact) mass is 257 g/mol. The maximum Gasteiger partial charge on any atom is 0.410 e. The van der Waals surface area contributed by atoms with Crippen molar-refractivity contribution in [1.82, 2.24) is 4.90 Å². The van der Waals surface area contributed by atoms with Gasteiger partial charge in [0.2, 0.25) is 0 Å². The molecule has 4 heteroatoms. The van der Waals surface area contributed by atoms with Gasteiger partial charge in [-0.2, -0.15) is 0 Å². The molecule has 106 valence electrons. The van der Waals surface area contributed by atoms with Crippen molar-refractivity contribution in [1.29, 1.82) is 0 Å². The molecule has 0 spiro atoms. The lowest BCUT2D eigenvalue weighted by atomic mass is 9.71. The third kappa shape index (κ3) is 3.61. The summed E-state index contributed by atoms with van der Waals surface area (Å²) in [7, 11) is 0. The lowest BCUT2D eigenvalue weighted by molar-refractivity contribution is -0.0986. The van der Waals surface area contributed by atoms with Gasteiger partial charge in [-0.3, -0.25) is 0 Å². The molecule has 0 unspecified atom stereocenters. The number of carbonyl (C=O) groups excluding carboxylic acids is 1. The molecule has 4 nitrogen and oxygen atoms in total. The number of hydrogen-bond donors (Lipinski definition) is 1. The van der Waals surface area contributed by atoms with Crippen molar-refractivity contribution in [2.24, 2.45) is 5.41 Å². The van der Waals surface area contributed by atoms with Crippen molar-refractivity contribution in [2.75, 3.05) is 13.1 Å². The number of piperidine rings is 1. The number of ether oxygens (including phenoxy) is 1. The lowest BCUT2D eigenvalue weighted by Crippen LogP contribution is -2.53. The molecular formula is C14H27NO3. The van der Waals surface area contributed by atoms with E-state index in [1.165, 1.54) is 0 Å². The minimum atomic E-state index is -0.689. The second-order valence-corrected chi connectivity index (χ2v) is 7.25. The number of rotatable bonds is 0. The number of carbonyl (C=O) groups is 1. The summed E-state index contributed by atoms with van der Waals surface area (Å²) in [6, 6.07) is 0. The second-order valence-electron chi connectivity index (χ2n) is 7.25. The number of likely N-dealkylation sites (tertiary alicyclic amines) is 1. The lowest BCUT2D eigenvalue weighted by Gasteiger charge is -2.46. The van der Waals surface area contributed by atoms with Gasteiger partial charge in [-0.25, -0.2) is 4.79 Å². The first-order valence-electron chi connectivity index (χ1n) is 6.65. The van der Waals surface area contributed by atoms with Gasteiger partial charge in [0.05, 0.1) is 5.60 Å². The van der Waals surface area contributed by atoms with Crippen LogP contribution in [0.2, 0.25) is 0 Å². The third-order valence-corrected chi connectivity index (χ3v) is 3.64. The smallest absolute Gasteiger partial charge is 0.410 e. The van der Waals surface area contributed by atoms with Crippen molar-refractivity contribution in [3.63, 3.8) is 0 Å². The largest absolute Gasteiger partial charge is 0.444 e. The summed E-state index contributed by atoms with van der Waals surface area (Å²) in [5, 5.41) is 10.6. The van der Waals surface area contributed by atoms with Crippen LogP contribution in [0.4, 0.5) is 4.79 Å². The van der Waals surface area contributed by atoms with Gasteiger partial charge in [0.25, 0.3) is 0 Å². The summed E-state index contributed by atoms with van der Waals surface area (Å²) in [5.74, 6) is 0. The molecule has 0 atom stereocenters. The zero-order valence-corrected chi connectivity index (χ0v) is 12.5. The Morgan fingerprint density at radius 2 is 1.56 bits per heavy atom. The van der Waals surface area contributed by atoms with Crippen LogP contribution in [0.25, 0.3) is 0 Å². The molecule has 1 heterocycles. The highest BCUT2D eigenvalue weighted by atomic mass is 16.6. The van der Waals surface area contributed by atoms with Gasteiger partial charge in [-0.1, -0.05) is 20.8 Å². The highest BCUT2D eigenvalue weighted by molar-refractivity contribution is 5.68. The molecule has 0 bridgehead atoms. The van der Waals surface area contributed by atoms with E-state index in [2.05, 4.69) is 0 Å². The number of aliphatic hydroxyl groups is 1. The van der Waals surface area contributed by atoms with Gasteiger partial charge in [0, 0.05) is 13.1 Å². The van der Waals surface area contributed by atoms with Gasteiger partial charge >= 0.3 is 6.09 Å². The van der Waals surface area contributed by atoms with Gasteiger partial charge in [-0.15, -0.1) is 0 Å². The summed E-state index contributed by atoms with van der Waals surface area (Å²) in [4.78, 5) is 13.6. The number of nitrogens with zero attached hydrogens (tertiary/aromatic N) is 1. The molecule has 0 aromatic rings. The highest BCUT2D eigenvalue weighted by Crippen LogP contribution is 2.38. The average Bonchev–Trinajstić information content (AvgIpc) is 2.14. The van der Waals surface area contributed by atoms with Crippen LogP contribution in [0.1, 0.15) is 54.4 Å². The zero-order chi connectivity index (χ0) is 14.2. The van der Waals surface area contributed by atoms with Crippen LogP contribution < -0.4 is 0 Å². The van der Waals surface area contributed by atoms with Crippen molar-refractivity contribution in [3.05, 3.63) is 0 Å². The Bertz CT molecular complexity index is 304. The standard InChI is InChI=1S/C14H27NO3/c1-12(2,3)14(17)7-9-15(10-8-14)11(16)18-13(4,5)6/h17H,7-10H2,1-6H3. The molecule has 0 aromatic carbocycles. The molecule has 1 rings (SSSR count). The molecule has 1 fully saturated rings. The van der Waals surface area contributed by atoms with Gasteiger partial charge in [0.15, 0.2) is 0 Å². The van der Waals surface area contributed by atoms with E-state index in [-0.39, 0.29) is 11.5 Å². The summed E-state index contributed by atoms with van der Waals surface area (Å²) in [6.45, 7) is 12.8. The SMILES string of the molecule is CC(C)(C)OC(=O)N1CCC(O)(C(C)(C)C)CC1. The van der Waals surface area contributed by atoms with Crippen molar-refractivity contribution in [2.45, 2.75) is 65.6 Å². The molecule has 1 aliphatic rings. The molecule has 1 amide bonds.